The molecule has 1 aliphatic rings. The van der Waals surface area contributed by atoms with Crippen molar-refractivity contribution in [2.45, 2.75) is 10.2 Å². The first-order chi connectivity index (χ1) is 19.7. The molecule has 0 radical (unpaired) electrons. The molecule has 2 atom stereocenters. The van der Waals surface area contributed by atoms with Gasteiger partial charge in [-0.2, -0.15) is 0 Å². The van der Waals surface area contributed by atoms with Gasteiger partial charge in [0.25, 0.3) is 0 Å². The maximum atomic E-state index is 14.6. The van der Waals surface area contributed by atoms with Crippen molar-refractivity contribution < 1.29 is 31.9 Å². The first-order valence-corrected chi connectivity index (χ1v) is 14.2. The minimum absolute atomic E-state index is 0.0261. The van der Waals surface area contributed by atoms with Gasteiger partial charge in [-0.15, -0.1) is 0 Å². The average molecular weight is 625 g/mol. The summed E-state index contributed by atoms with van der Waals surface area (Å²) in [5, 5.41) is 2.36. The molecule has 1 saturated heterocycles. The summed E-state index contributed by atoms with van der Waals surface area (Å²) in [7, 11) is 0. The Morgan fingerprint density at radius 2 is 1.49 bits per heavy atom. The molecule has 0 aromatic heterocycles. The third kappa shape index (κ3) is 5.66. The number of likely N-dealkylation sites (tertiary alicyclic amines) is 1. The molecule has 4 aromatic rings. The van der Waals surface area contributed by atoms with E-state index in [9.17, 15) is 31.9 Å². The zero-order valence-corrected chi connectivity index (χ0v) is 23.0. The van der Waals surface area contributed by atoms with Gasteiger partial charge < -0.3 is 0 Å². The van der Waals surface area contributed by atoms with Crippen molar-refractivity contribution in [1.82, 2.24) is 4.90 Å². The SMILES string of the molecule is O=C(CN1CC(c2cc(F)cc(F)c2)C([Se]c2ccccc2)(C(=O)Nc2cccc(F)c2F)C1=O)c1ccccc1. The molecule has 1 heterocycles. The van der Waals surface area contributed by atoms with Gasteiger partial charge in [-0.3, -0.25) is 0 Å². The number of nitrogens with one attached hydrogen (secondary N) is 1. The van der Waals surface area contributed by atoms with Gasteiger partial charge >= 0.3 is 240 Å². The molecule has 5 rings (SSSR count). The van der Waals surface area contributed by atoms with Crippen LogP contribution in [0.5, 0.6) is 0 Å². The third-order valence-electron chi connectivity index (χ3n) is 6.78. The van der Waals surface area contributed by atoms with E-state index in [1.165, 1.54) is 11.0 Å². The molecule has 1 N–H and O–H groups in total. The Balaban J connectivity index is 1.64. The van der Waals surface area contributed by atoms with E-state index >= 15 is 0 Å². The number of halogens is 4. The third-order valence-corrected chi connectivity index (χ3v) is 9.87. The number of anilines is 1. The van der Waals surface area contributed by atoms with Crippen molar-refractivity contribution in [1.29, 1.82) is 0 Å². The van der Waals surface area contributed by atoms with Crippen molar-refractivity contribution in [3.8, 4) is 0 Å². The van der Waals surface area contributed by atoms with Gasteiger partial charge in [0.2, 0.25) is 0 Å². The number of Topliss-reactive ketones (excluding diaryl/α,β-unsaturated/α-hetero) is 1. The van der Waals surface area contributed by atoms with Gasteiger partial charge in [0, 0.05) is 0 Å². The van der Waals surface area contributed by atoms with Crippen LogP contribution >= 0.6 is 0 Å². The van der Waals surface area contributed by atoms with Crippen LogP contribution in [-0.4, -0.2) is 50.5 Å². The van der Waals surface area contributed by atoms with E-state index in [1.54, 1.807) is 60.7 Å². The quantitative estimate of drug-likeness (QED) is 0.132. The Morgan fingerprint density at radius 3 is 2.15 bits per heavy atom. The topological polar surface area (TPSA) is 66.5 Å². The first kappa shape index (κ1) is 28.3. The molecule has 2 amide bonds. The second-order valence-electron chi connectivity index (χ2n) is 9.44. The molecule has 1 fully saturated rings. The molecule has 4 aromatic carbocycles. The normalized spacial score (nSPS) is 18.4. The monoisotopic (exact) mass is 626 g/mol. The Labute approximate surface area is 239 Å². The maximum absolute atomic E-state index is 14.6. The molecule has 1 aliphatic heterocycles. The molecule has 2 unspecified atom stereocenters. The van der Waals surface area contributed by atoms with Gasteiger partial charge in [0.05, 0.1) is 0 Å². The summed E-state index contributed by atoms with van der Waals surface area (Å²) in [5.74, 6) is -7.61. The van der Waals surface area contributed by atoms with Crippen LogP contribution in [0.25, 0.3) is 0 Å². The fraction of sp³-hybridized carbons (Fsp3) is 0.129. The van der Waals surface area contributed by atoms with E-state index in [0.29, 0.717) is 16.1 Å². The van der Waals surface area contributed by atoms with Gasteiger partial charge in [0.1, 0.15) is 0 Å². The standard InChI is InChI=1S/C31H22F4N2O3Se/c32-21-14-20(15-22(33)16-21)24-17-37(18-27(38)19-8-3-1-4-9-19)30(40)31(24,41-23-10-5-2-6-11-23)29(39)36-26-13-7-12-25(34)28(26)35/h1-16,24H,17-18H2,(H,36,39). The number of carbonyl (C=O) groups is 3. The Hall–Kier alpha value is -4.27. The number of nitrogens with zero attached hydrogens (tertiary/aromatic N) is 1. The number of carbonyl (C=O) groups excluding carboxylic acids is 3. The summed E-state index contributed by atoms with van der Waals surface area (Å²) in [6.45, 7) is -0.612. The van der Waals surface area contributed by atoms with Gasteiger partial charge in [-0.05, 0) is 0 Å². The van der Waals surface area contributed by atoms with Crippen LogP contribution in [0.1, 0.15) is 21.8 Å². The van der Waals surface area contributed by atoms with Gasteiger partial charge in [0.15, 0.2) is 0 Å². The van der Waals surface area contributed by atoms with Crippen molar-refractivity contribution in [3.05, 3.63) is 131 Å². The molecule has 0 spiro atoms. The van der Waals surface area contributed by atoms with Crippen molar-refractivity contribution >= 4 is 42.7 Å². The number of ketones is 1. The fourth-order valence-electron chi connectivity index (χ4n) is 4.86. The molecule has 5 nitrogen and oxygen atoms in total. The summed E-state index contributed by atoms with van der Waals surface area (Å²) >= 11 is -1.03. The molecular formula is C31H22F4N2O3Se. The minimum atomic E-state index is -2.01. The molecule has 10 heteroatoms. The molecule has 41 heavy (non-hydrogen) atoms. The van der Waals surface area contributed by atoms with E-state index in [2.05, 4.69) is 5.32 Å². The Bertz CT molecular complexity index is 1600. The predicted octanol–water partition coefficient (Wildman–Crippen LogP) is 4.88. The number of hydrogen-bond donors (Lipinski definition) is 1. The van der Waals surface area contributed by atoms with Crippen LogP contribution in [0.2, 0.25) is 4.31 Å². The fourth-order valence-corrected chi connectivity index (χ4v) is 7.75. The molecule has 0 saturated carbocycles. The van der Waals surface area contributed by atoms with Gasteiger partial charge in [-0.25, -0.2) is 0 Å². The molecule has 0 aliphatic carbocycles. The van der Waals surface area contributed by atoms with Crippen molar-refractivity contribution in [3.63, 3.8) is 0 Å². The average Bonchev–Trinajstić information content (AvgIpc) is 3.23. The number of rotatable bonds is 8. The van der Waals surface area contributed by atoms with Crippen LogP contribution in [0.4, 0.5) is 23.2 Å². The van der Waals surface area contributed by atoms with Crippen LogP contribution in [0.15, 0.2) is 97.1 Å². The number of hydrogen-bond acceptors (Lipinski definition) is 3. The zero-order valence-electron chi connectivity index (χ0n) is 21.3. The summed E-state index contributed by atoms with van der Waals surface area (Å²) in [6, 6.07) is 22.8. The molecule has 208 valence electrons. The molecular weight excluding hydrogens is 603 g/mol. The zero-order chi connectivity index (χ0) is 29.1. The predicted molar refractivity (Wildman–Crippen MR) is 146 cm³/mol. The molecule has 0 bridgehead atoms. The summed E-state index contributed by atoms with van der Waals surface area (Å²) in [6.07, 6.45) is 0. The summed E-state index contributed by atoms with van der Waals surface area (Å²) < 4.78 is 56.1. The van der Waals surface area contributed by atoms with E-state index in [0.717, 1.165) is 24.3 Å². The van der Waals surface area contributed by atoms with Crippen LogP contribution in [0.3, 0.4) is 0 Å². The van der Waals surface area contributed by atoms with Gasteiger partial charge in [-0.1, -0.05) is 0 Å². The summed E-state index contributed by atoms with van der Waals surface area (Å²) in [4.78, 5) is 42.8. The summed E-state index contributed by atoms with van der Waals surface area (Å²) in [5.41, 5.74) is -0.127. The van der Waals surface area contributed by atoms with E-state index in [4.69, 9.17) is 0 Å². The van der Waals surface area contributed by atoms with Crippen LogP contribution in [-0.2, 0) is 9.59 Å². The Kier molecular flexibility index (Phi) is 8.06. The van der Waals surface area contributed by atoms with E-state index in [1.807, 2.05) is 0 Å². The van der Waals surface area contributed by atoms with Crippen LogP contribution in [0, 0.1) is 23.3 Å². The van der Waals surface area contributed by atoms with Crippen LogP contribution < -0.4 is 9.78 Å². The van der Waals surface area contributed by atoms with Crippen molar-refractivity contribution in [2.24, 2.45) is 0 Å². The first-order valence-electron chi connectivity index (χ1n) is 12.5. The second kappa shape index (κ2) is 11.7. The number of benzene rings is 4. The van der Waals surface area contributed by atoms with E-state index in [-0.39, 0.29) is 12.1 Å². The van der Waals surface area contributed by atoms with Crippen molar-refractivity contribution in [2.75, 3.05) is 18.4 Å². The number of amides is 2. The Morgan fingerprint density at radius 1 is 0.854 bits per heavy atom. The van der Waals surface area contributed by atoms with E-state index < -0.39 is 78.3 Å². The second-order valence-corrected chi connectivity index (χ2v) is 12.2.